The van der Waals surface area contributed by atoms with Gasteiger partial charge in [0.15, 0.2) is 0 Å². The van der Waals surface area contributed by atoms with Gasteiger partial charge < -0.3 is 15.8 Å². The molecule has 0 aromatic heterocycles. The number of anilines is 1. The van der Waals surface area contributed by atoms with Crippen LogP contribution >= 0.6 is 0 Å². The lowest BCUT2D eigenvalue weighted by Crippen LogP contribution is -2.17. The van der Waals surface area contributed by atoms with Crippen LogP contribution in [0.1, 0.15) is 24.1 Å². The van der Waals surface area contributed by atoms with Crippen LogP contribution in [0.4, 0.5) is 18.9 Å². The zero-order valence-electron chi connectivity index (χ0n) is 12.2. The molecule has 3 N–H and O–H groups in total. The van der Waals surface area contributed by atoms with Crippen LogP contribution in [0.2, 0.25) is 0 Å². The zero-order valence-corrected chi connectivity index (χ0v) is 12.2. The molecule has 0 saturated heterocycles. The van der Waals surface area contributed by atoms with Gasteiger partial charge in [-0.05, 0) is 35.4 Å². The number of rotatable bonds is 4. The van der Waals surface area contributed by atoms with Crippen LogP contribution in [0.25, 0.3) is 0 Å². The molecule has 0 aliphatic rings. The van der Waals surface area contributed by atoms with Crippen LogP contribution < -0.4 is 15.8 Å². The Hall–Kier alpha value is -2.54. The fraction of sp³-hybridized carbons (Fsp3) is 0.188. The molecule has 23 heavy (non-hydrogen) atoms. The van der Waals surface area contributed by atoms with Gasteiger partial charge in [-0.3, -0.25) is 4.79 Å². The first-order chi connectivity index (χ1) is 10.7. The Morgan fingerprint density at radius 2 is 1.52 bits per heavy atom. The number of hydrogen-bond acceptors (Lipinski definition) is 3. The Bertz CT molecular complexity index is 667. The van der Waals surface area contributed by atoms with E-state index in [1.807, 2.05) is 0 Å². The van der Waals surface area contributed by atoms with E-state index in [1.165, 1.54) is 31.2 Å². The van der Waals surface area contributed by atoms with Crippen LogP contribution in [-0.2, 0) is 4.79 Å². The van der Waals surface area contributed by atoms with E-state index in [1.54, 1.807) is 24.3 Å². The first kappa shape index (κ1) is 16.8. The predicted octanol–water partition coefficient (Wildman–Crippen LogP) is 3.59. The molecule has 7 heteroatoms. The lowest BCUT2D eigenvalue weighted by atomic mass is 9.99. The molecule has 2 aromatic rings. The summed E-state index contributed by atoms with van der Waals surface area (Å²) in [7, 11) is 0. The normalized spacial score (nSPS) is 12.6. The molecule has 0 heterocycles. The Labute approximate surface area is 131 Å². The molecule has 0 aliphatic heterocycles. The average molecular weight is 324 g/mol. The highest BCUT2D eigenvalue weighted by atomic mass is 19.4. The number of nitrogens with two attached hydrogens (primary N) is 1. The minimum atomic E-state index is -4.72. The number of hydrogen-bond donors (Lipinski definition) is 2. The van der Waals surface area contributed by atoms with E-state index < -0.39 is 12.4 Å². The lowest BCUT2D eigenvalue weighted by molar-refractivity contribution is -0.274. The second-order valence-corrected chi connectivity index (χ2v) is 4.90. The minimum absolute atomic E-state index is 0.178. The summed E-state index contributed by atoms with van der Waals surface area (Å²) in [4.78, 5) is 11.0. The van der Waals surface area contributed by atoms with E-state index in [2.05, 4.69) is 10.1 Å². The smallest absolute Gasteiger partial charge is 0.406 e. The summed E-state index contributed by atoms with van der Waals surface area (Å²) in [5.41, 5.74) is 8.15. The molecule has 0 aliphatic carbocycles. The number of amides is 1. The SMILES string of the molecule is CC(=O)Nc1ccc([C@@H](N)c2ccc(OC(F)(F)F)cc2)cc1. The van der Waals surface area contributed by atoms with Crippen LogP contribution in [0.5, 0.6) is 5.75 Å². The Balaban J connectivity index is 2.10. The van der Waals surface area contributed by atoms with Gasteiger partial charge in [-0.1, -0.05) is 24.3 Å². The highest BCUT2D eigenvalue weighted by Crippen LogP contribution is 2.26. The molecule has 0 fully saturated rings. The number of benzene rings is 2. The summed E-state index contributed by atoms with van der Waals surface area (Å²) >= 11 is 0. The fourth-order valence-electron chi connectivity index (χ4n) is 2.05. The molecule has 0 bridgehead atoms. The van der Waals surface area contributed by atoms with Gasteiger partial charge in [-0.2, -0.15) is 0 Å². The van der Waals surface area contributed by atoms with Gasteiger partial charge in [-0.15, -0.1) is 13.2 Å². The number of nitrogens with one attached hydrogen (secondary N) is 1. The third-order valence-electron chi connectivity index (χ3n) is 3.06. The average Bonchev–Trinajstić information content (AvgIpc) is 2.46. The van der Waals surface area contributed by atoms with Crippen molar-refractivity contribution >= 4 is 11.6 Å². The minimum Gasteiger partial charge on any atom is -0.406 e. The van der Waals surface area contributed by atoms with Gasteiger partial charge in [-0.25, -0.2) is 0 Å². The van der Waals surface area contributed by atoms with Gasteiger partial charge in [0.05, 0.1) is 6.04 Å². The first-order valence-electron chi connectivity index (χ1n) is 6.73. The maximum atomic E-state index is 12.1. The standard InChI is InChI=1S/C16H15F3N2O2/c1-10(22)21-13-6-2-11(3-7-13)15(20)12-4-8-14(9-5-12)23-16(17,18)19/h2-9,15H,20H2,1H3,(H,21,22)/t15-/m1/s1. The maximum Gasteiger partial charge on any atom is 0.573 e. The predicted molar refractivity (Wildman–Crippen MR) is 79.9 cm³/mol. The molecule has 0 radical (unpaired) electrons. The zero-order chi connectivity index (χ0) is 17.0. The summed E-state index contributed by atoms with van der Waals surface area (Å²) < 4.78 is 40.2. The van der Waals surface area contributed by atoms with Gasteiger partial charge in [0.2, 0.25) is 5.91 Å². The fourth-order valence-corrected chi connectivity index (χ4v) is 2.05. The van der Waals surface area contributed by atoms with Crippen molar-refractivity contribution in [2.24, 2.45) is 5.73 Å². The van der Waals surface area contributed by atoms with E-state index in [0.29, 0.717) is 11.3 Å². The van der Waals surface area contributed by atoms with Gasteiger partial charge in [0, 0.05) is 12.6 Å². The Morgan fingerprint density at radius 1 is 1.04 bits per heavy atom. The van der Waals surface area contributed by atoms with Gasteiger partial charge in [0.1, 0.15) is 5.75 Å². The van der Waals surface area contributed by atoms with Crippen LogP contribution in [0, 0.1) is 0 Å². The Kier molecular flexibility index (Phi) is 4.90. The summed E-state index contributed by atoms with van der Waals surface area (Å²) in [6, 6.07) is 11.8. The summed E-state index contributed by atoms with van der Waals surface area (Å²) in [6.45, 7) is 1.41. The van der Waals surface area contributed by atoms with E-state index in [-0.39, 0.29) is 11.7 Å². The largest absolute Gasteiger partial charge is 0.573 e. The third-order valence-corrected chi connectivity index (χ3v) is 3.06. The molecule has 122 valence electrons. The van der Waals surface area contributed by atoms with Crippen molar-refractivity contribution < 1.29 is 22.7 Å². The number of ether oxygens (including phenoxy) is 1. The van der Waals surface area contributed by atoms with Crippen LogP contribution in [0.15, 0.2) is 48.5 Å². The van der Waals surface area contributed by atoms with Crippen molar-refractivity contribution in [3.05, 3.63) is 59.7 Å². The monoisotopic (exact) mass is 324 g/mol. The Morgan fingerprint density at radius 3 is 1.96 bits per heavy atom. The summed E-state index contributed by atoms with van der Waals surface area (Å²) in [5.74, 6) is -0.475. The second kappa shape index (κ2) is 6.70. The number of carbonyl (C=O) groups is 1. The van der Waals surface area contributed by atoms with Crippen molar-refractivity contribution in [2.45, 2.75) is 19.3 Å². The molecule has 1 atom stereocenters. The third kappa shape index (κ3) is 5.00. The summed E-state index contributed by atoms with van der Waals surface area (Å²) in [5, 5.41) is 2.64. The van der Waals surface area contributed by atoms with Gasteiger partial charge >= 0.3 is 6.36 Å². The molecule has 0 saturated carbocycles. The molecule has 1 amide bonds. The molecular formula is C16H15F3N2O2. The van der Waals surface area contributed by atoms with Crippen LogP contribution in [-0.4, -0.2) is 12.3 Å². The number of halogens is 3. The topological polar surface area (TPSA) is 64.4 Å². The van der Waals surface area contributed by atoms with E-state index in [0.717, 1.165) is 5.56 Å². The molecule has 4 nitrogen and oxygen atoms in total. The van der Waals surface area contributed by atoms with E-state index >= 15 is 0 Å². The van der Waals surface area contributed by atoms with E-state index in [4.69, 9.17) is 5.73 Å². The highest BCUT2D eigenvalue weighted by Gasteiger charge is 2.31. The van der Waals surface area contributed by atoms with Crippen LogP contribution in [0.3, 0.4) is 0 Å². The lowest BCUT2D eigenvalue weighted by Gasteiger charge is -2.14. The van der Waals surface area contributed by atoms with Crippen molar-refractivity contribution in [2.75, 3.05) is 5.32 Å². The molecule has 2 rings (SSSR count). The quantitative estimate of drug-likeness (QED) is 0.903. The molecule has 2 aromatic carbocycles. The van der Waals surface area contributed by atoms with Crippen molar-refractivity contribution in [1.29, 1.82) is 0 Å². The molecule has 0 unspecified atom stereocenters. The van der Waals surface area contributed by atoms with Crippen molar-refractivity contribution in [3.8, 4) is 5.75 Å². The van der Waals surface area contributed by atoms with E-state index in [9.17, 15) is 18.0 Å². The maximum absolute atomic E-state index is 12.1. The summed E-state index contributed by atoms with van der Waals surface area (Å²) in [6.07, 6.45) is -4.72. The first-order valence-corrected chi connectivity index (χ1v) is 6.73. The molecule has 0 spiro atoms. The van der Waals surface area contributed by atoms with Crippen molar-refractivity contribution in [3.63, 3.8) is 0 Å². The molecular weight excluding hydrogens is 309 g/mol. The second-order valence-electron chi connectivity index (χ2n) is 4.90. The van der Waals surface area contributed by atoms with Gasteiger partial charge in [0.25, 0.3) is 0 Å². The number of alkyl halides is 3. The van der Waals surface area contributed by atoms with Crippen molar-refractivity contribution in [1.82, 2.24) is 0 Å². The highest BCUT2D eigenvalue weighted by molar-refractivity contribution is 5.88. The number of carbonyl (C=O) groups excluding carboxylic acids is 1.